The second-order valence-corrected chi connectivity index (χ2v) is 11.1. The minimum Gasteiger partial charge on any atom is -0.481 e. The molecule has 4 bridgehead atoms. The van der Waals surface area contributed by atoms with Crippen molar-refractivity contribution in [3.63, 3.8) is 0 Å². The summed E-state index contributed by atoms with van der Waals surface area (Å²) in [5.41, 5.74) is -0.638. The van der Waals surface area contributed by atoms with Gasteiger partial charge in [0.15, 0.2) is 0 Å². The number of nitrogens with one attached hydrogen (secondary N) is 1. The summed E-state index contributed by atoms with van der Waals surface area (Å²) in [5.74, 6) is 1.34. The summed E-state index contributed by atoms with van der Waals surface area (Å²) in [7, 11) is 0. The van der Waals surface area contributed by atoms with Crippen LogP contribution in [-0.4, -0.2) is 64.6 Å². The van der Waals surface area contributed by atoms with Gasteiger partial charge in [0, 0.05) is 38.4 Å². The Hall–Kier alpha value is -2.66. The first-order valence-electron chi connectivity index (χ1n) is 12.1. The third-order valence-corrected chi connectivity index (χ3v) is 8.85. The van der Waals surface area contributed by atoms with Gasteiger partial charge in [0.05, 0.1) is 16.5 Å². The van der Waals surface area contributed by atoms with Crippen molar-refractivity contribution < 1.29 is 14.7 Å². The lowest BCUT2D eigenvalue weighted by molar-refractivity contribution is -0.168. The number of hydrogen-bond donors (Lipinski definition) is 2. The Morgan fingerprint density at radius 1 is 1.15 bits per heavy atom. The molecule has 8 heteroatoms. The smallest absolute Gasteiger partial charge is 0.309 e. The summed E-state index contributed by atoms with van der Waals surface area (Å²) in [6, 6.07) is 5.86. The second-order valence-electron chi connectivity index (χ2n) is 11.1. The van der Waals surface area contributed by atoms with E-state index < -0.39 is 16.9 Å². The molecule has 8 nitrogen and oxygen atoms in total. The maximum Gasteiger partial charge on any atom is 0.309 e. The monoisotopic (exact) mass is 451 g/mol. The number of carbonyl (C=O) groups excluding carboxylic acids is 1. The average molecular weight is 452 g/mol. The number of anilines is 1. The minimum absolute atomic E-state index is 0.0503. The van der Waals surface area contributed by atoms with E-state index in [0.29, 0.717) is 24.3 Å². The van der Waals surface area contributed by atoms with Gasteiger partial charge in [-0.15, -0.1) is 0 Å². The van der Waals surface area contributed by atoms with Crippen molar-refractivity contribution in [2.24, 2.45) is 23.2 Å². The van der Waals surface area contributed by atoms with E-state index in [1.54, 1.807) is 12.3 Å². The molecule has 1 aromatic heterocycles. The van der Waals surface area contributed by atoms with Gasteiger partial charge in [-0.05, 0) is 75.8 Å². The van der Waals surface area contributed by atoms with Crippen LogP contribution in [0.3, 0.4) is 0 Å². The van der Waals surface area contributed by atoms with Gasteiger partial charge in [0.25, 0.3) is 0 Å². The lowest BCUT2D eigenvalue weighted by Crippen LogP contribution is -2.66. The molecule has 4 saturated carbocycles. The Balaban J connectivity index is 1.21. The summed E-state index contributed by atoms with van der Waals surface area (Å²) >= 11 is 0. The first-order chi connectivity index (χ1) is 15.7. The van der Waals surface area contributed by atoms with E-state index >= 15 is 0 Å². The van der Waals surface area contributed by atoms with E-state index in [0.717, 1.165) is 51.3 Å². The van der Waals surface area contributed by atoms with Crippen LogP contribution in [0.5, 0.6) is 0 Å². The fraction of sp³-hybridized carbons (Fsp3) is 0.680. The predicted molar refractivity (Wildman–Crippen MR) is 122 cm³/mol. The topological polar surface area (TPSA) is 110 Å². The summed E-state index contributed by atoms with van der Waals surface area (Å²) in [6.45, 7) is 7.04. The first kappa shape index (κ1) is 22.1. The predicted octanol–water partition coefficient (Wildman–Crippen LogP) is 2.25. The molecule has 1 saturated heterocycles. The van der Waals surface area contributed by atoms with Gasteiger partial charge in [-0.1, -0.05) is 0 Å². The van der Waals surface area contributed by atoms with Crippen molar-refractivity contribution in [2.45, 2.75) is 57.5 Å². The van der Waals surface area contributed by atoms with Gasteiger partial charge in [-0.2, -0.15) is 5.26 Å². The molecule has 2 atom stereocenters. The number of amides is 1. The third-order valence-electron chi connectivity index (χ3n) is 8.85. The number of nitriles is 1. The van der Waals surface area contributed by atoms with E-state index in [9.17, 15) is 14.7 Å². The Morgan fingerprint density at radius 3 is 2.36 bits per heavy atom. The minimum atomic E-state index is -0.637. The summed E-state index contributed by atoms with van der Waals surface area (Å²) in [4.78, 5) is 34.3. The highest BCUT2D eigenvalue weighted by molar-refractivity contribution is 5.86. The molecular weight excluding hydrogens is 418 g/mol. The highest BCUT2D eigenvalue weighted by Gasteiger charge is 2.59. The summed E-state index contributed by atoms with van der Waals surface area (Å²) in [6.07, 6.45) is 5.92. The Morgan fingerprint density at radius 2 is 1.82 bits per heavy atom. The molecule has 2 N–H and O–H groups in total. The number of pyridine rings is 1. The Bertz CT molecular complexity index is 961. The van der Waals surface area contributed by atoms with E-state index in [2.05, 4.69) is 26.2 Å². The molecule has 5 aliphatic rings. The van der Waals surface area contributed by atoms with Crippen LogP contribution in [0.4, 0.5) is 5.82 Å². The van der Waals surface area contributed by atoms with Gasteiger partial charge in [0.2, 0.25) is 5.91 Å². The zero-order valence-corrected chi connectivity index (χ0v) is 19.5. The number of aromatic nitrogens is 1. The van der Waals surface area contributed by atoms with Crippen LogP contribution >= 0.6 is 0 Å². The fourth-order valence-corrected chi connectivity index (χ4v) is 7.13. The van der Waals surface area contributed by atoms with E-state index in [4.69, 9.17) is 5.26 Å². The van der Waals surface area contributed by atoms with Gasteiger partial charge in [-0.25, -0.2) is 4.98 Å². The highest BCUT2D eigenvalue weighted by Crippen LogP contribution is 2.60. The van der Waals surface area contributed by atoms with Gasteiger partial charge in [-0.3, -0.25) is 14.5 Å². The number of hydrogen-bond acceptors (Lipinski definition) is 6. The number of nitrogens with zero attached hydrogens (tertiary/aromatic N) is 4. The number of carboxylic acids is 1. The number of piperazine rings is 1. The standard InChI is InChI=1S/C25H33N5O3/c1-24(2,30-7-5-29(6-8-30)20-4-3-16(14-26)15-27-20)22(31)28-21-18-9-17-10-19(21)13-25(11-17,12-18)23(32)33/h3-4,15,17-19,21H,5-13H2,1-2H3,(H,28,31)(H,32,33). The number of carboxylic acid groups (broad SMARTS) is 1. The summed E-state index contributed by atoms with van der Waals surface area (Å²) in [5, 5.41) is 22.2. The molecule has 1 aliphatic heterocycles. The molecule has 33 heavy (non-hydrogen) atoms. The molecular formula is C25H33N5O3. The van der Waals surface area contributed by atoms with Gasteiger partial charge >= 0.3 is 5.97 Å². The van der Waals surface area contributed by atoms with Gasteiger partial charge < -0.3 is 15.3 Å². The fourth-order valence-electron chi connectivity index (χ4n) is 7.13. The third kappa shape index (κ3) is 3.76. The quantitative estimate of drug-likeness (QED) is 0.707. The lowest BCUT2D eigenvalue weighted by Gasteiger charge is -2.58. The molecule has 0 radical (unpaired) electrons. The average Bonchev–Trinajstić information content (AvgIpc) is 2.81. The maximum absolute atomic E-state index is 13.5. The van der Waals surface area contributed by atoms with E-state index in [1.165, 1.54) is 0 Å². The first-order valence-corrected chi connectivity index (χ1v) is 12.1. The molecule has 176 valence electrons. The largest absolute Gasteiger partial charge is 0.481 e. The van der Waals surface area contributed by atoms with Crippen molar-refractivity contribution in [1.82, 2.24) is 15.2 Å². The number of rotatable bonds is 5. The molecule has 1 amide bonds. The molecule has 2 unspecified atom stereocenters. The molecule has 0 aromatic carbocycles. The zero-order chi connectivity index (χ0) is 23.4. The maximum atomic E-state index is 13.5. The molecule has 5 fully saturated rings. The SMILES string of the molecule is CC(C)(C(=O)NC1C2CC3CC1CC(C(=O)O)(C3)C2)N1CCN(c2ccc(C#N)cn2)CC1. The highest BCUT2D eigenvalue weighted by atomic mass is 16.4. The molecule has 6 rings (SSSR count). The second kappa shape index (κ2) is 7.98. The Labute approximate surface area is 195 Å². The molecule has 1 aromatic rings. The van der Waals surface area contributed by atoms with Crippen LogP contribution in [0.1, 0.15) is 51.5 Å². The van der Waals surface area contributed by atoms with Crippen molar-refractivity contribution >= 4 is 17.7 Å². The van der Waals surface area contributed by atoms with Crippen LogP contribution in [0.25, 0.3) is 0 Å². The lowest BCUT2D eigenvalue weighted by atomic mass is 9.48. The van der Waals surface area contributed by atoms with Crippen molar-refractivity contribution in [3.8, 4) is 6.07 Å². The van der Waals surface area contributed by atoms with Crippen LogP contribution < -0.4 is 10.2 Å². The van der Waals surface area contributed by atoms with Crippen molar-refractivity contribution in [1.29, 1.82) is 5.26 Å². The zero-order valence-electron chi connectivity index (χ0n) is 19.5. The number of carbonyl (C=O) groups is 2. The number of aliphatic carboxylic acids is 1. The Kier molecular flexibility index (Phi) is 5.36. The van der Waals surface area contributed by atoms with Gasteiger partial charge in [0.1, 0.15) is 11.9 Å². The van der Waals surface area contributed by atoms with E-state index in [1.807, 2.05) is 19.9 Å². The van der Waals surface area contributed by atoms with Crippen LogP contribution in [-0.2, 0) is 9.59 Å². The van der Waals surface area contributed by atoms with Crippen LogP contribution in [0, 0.1) is 34.5 Å². The molecule has 0 spiro atoms. The van der Waals surface area contributed by atoms with Crippen LogP contribution in [0.2, 0.25) is 0 Å². The molecule has 2 heterocycles. The van der Waals surface area contributed by atoms with Crippen molar-refractivity contribution in [2.75, 3.05) is 31.1 Å². The summed E-state index contributed by atoms with van der Waals surface area (Å²) < 4.78 is 0. The normalized spacial score (nSPS) is 33.5. The van der Waals surface area contributed by atoms with Crippen LogP contribution in [0.15, 0.2) is 18.3 Å². The van der Waals surface area contributed by atoms with Crippen molar-refractivity contribution in [3.05, 3.63) is 23.9 Å². The van der Waals surface area contributed by atoms with E-state index in [-0.39, 0.29) is 23.8 Å². The molecule has 4 aliphatic carbocycles.